The molecule has 1 fully saturated rings. The third kappa shape index (κ3) is 2.75. The zero-order valence-electron chi connectivity index (χ0n) is 9.43. The maximum Gasteiger partial charge on any atom is 0.349 e. The number of rotatable bonds is 4. The molecule has 0 bridgehead atoms. The van der Waals surface area contributed by atoms with E-state index in [1.54, 1.807) is 11.4 Å². The summed E-state index contributed by atoms with van der Waals surface area (Å²) >= 11 is 1.21. The minimum absolute atomic E-state index is 0.0593. The highest BCUT2D eigenvalue weighted by molar-refractivity contribution is 7.12. The predicted molar refractivity (Wildman–Crippen MR) is 65.1 cm³/mol. The number of hydrogen-bond acceptors (Lipinski definition) is 4. The van der Waals surface area contributed by atoms with Crippen molar-refractivity contribution in [2.45, 2.75) is 25.9 Å². The molecule has 1 aromatic heterocycles. The minimum atomic E-state index is -0.433. The summed E-state index contributed by atoms with van der Waals surface area (Å²) in [4.78, 5) is 23.3. The first-order valence-electron chi connectivity index (χ1n) is 5.38. The van der Waals surface area contributed by atoms with Gasteiger partial charge in [0, 0.05) is 16.9 Å². The van der Waals surface area contributed by atoms with Gasteiger partial charge in [-0.15, -0.1) is 17.8 Å². The number of Topliss-reactive ketones (excluding diaryl/α,β-unsaturated/α-hetero) is 1. The average molecular weight is 248 g/mol. The topological polar surface area (TPSA) is 43.4 Å². The second-order valence-corrected chi connectivity index (χ2v) is 5.00. The zero-order valence-corrected chi connectivity index (χ0v) is 10.3. The molecule has 1 aliphatic carbocycles. The van der Waals surface area contributed by atoms with Crippen LogP contribution in [0.4, 0.5) is 0 Å². The highest BCUT2D eigenvalue weighted by Crippen LogP contribution is 2.34. The number of esters is 1. The number of terminal acetylenes is 1. The lowest BCUT2D eigenvalue weighted by Gasteiger charge is -2.09. The summed E-state index contributed by atoms with van der Waals surface area (Å²) in [5.41, 5.74) is 0.533. The van der Waals surface area contributed by atoms with Crippen LogP contribution in [0.15, 0.2) is 11.4 Å². The number of thiophene rings is 1. The Hall–Kier alpha value is -1.60. The summed E-state index contributed by atoms with van der Waals surface area (Å²) < 4.78 is 5.23. The van der Waals surface area contributed by atoms with Crippen molar-refractivity contribution in [3.8, 4) is 12.3 Å². The number of hydrogen-bond donors (Lipinski definition) is 0. The number of ketones is 1. The van der Waals surface area contributed by atoms with Gasteiger partial charge < -0.3 is 4.74 Å². The third-order valence-electron chi connectivity index (χ3n) is 2.66. The van der Waals surface area contributed by atoms with E-state index in [1.165, 1.54) is 18.3 Å². The van der Waals surface area contributed by atoms with Crippen LogP contribution in [0.2, 0.25) is 0 Å². The van der Waals surface area contributed by atoms with Crippen molar-refractivity contribution in [2.24, 2.45) is 5.92 Å². The molecule has 1 atom stereocenters. The monoisotopic (exact) mass is 248 g/mol. The van der Waals surface area contributed by atoms with Crippen LogP contribution in [0.5, 0.6) is 0 Å². The van der Waals surface area contributed by atoms with Crippen LogP contribution in [-0.2, 0) is 4.74 Å². The van der Waals surface area contributed by atoms with Crippen molar-refractivity contribution in [2.75, 3.05) is 0 Å². The van der Waals surface area contributed by atoms with Crippen LogP contribution in [0.1, 0.15) is 39.8 Å². The largest absolute Gasteiger partial charge is 0.445 e. The third-order valence-corrected chi connectivity index (χ3v) is 3.57. The summed E-state index contributed by atoms with van der Waals surface area (Å²) in [7, 11) is 0. The van der Waals surface area contributed by atoms with E-state index in [-0.39, 0.29) is 5.78 Å². The van der Waals surface area contributed by atoms with E-state index in [4.69, 9.17) is 11.2 Å². The molecule has 1 aliphatic rings. The van der Waals surface area contributed by atoms with Crippen molar-refractivity contribution in [1.29, 1.82) is 0 Å². The summed E-state index contributed by atoms with van der Waals surface area (Å²) in [5, 5.41) is 1.65. The fourth-order valence-corrected chi connectivity index (χ4v) is 2.29. The molecule has 0 aliphatic heterocycles. The van der Waals surface area contributed by atoms with E-state index >= 15 is 0 Å². The number of carbonyl (C=O) groups excluding carboxylic acids is 2. The van der Waals surface area contributed by atoms with Gasteiger partial charge in [-0.3, -0.25) is 4.79 Å². The molecule has 1 heterocycles. The SMILES string of the molecule is C#C[C@@H](OC(=O)c1cc(C(C)=O)cs1)C1CC1. The molecule has 0 amide bonds. The standard InChI is InChI=1S/C13H12O3S/c1-3-11(9-4-5-9)16-13(15)12-6-10(7-17-12)8(2)14/h1,6-7,9,11H,4-5H2,2H3/t11-/m1/s1. The van der Waals surface area contributed by atoms with E-state index in [1.807, 2.05) is 0 Å². The summed E-state index contributed by atoms with van der Waals surface area (Å²) in [6.07, 6.45) is 6.93. The second kappa shape index (κ2) is 4.72. The van der Waals surface area contributed by atoms with E-state index < -0.39 is 12.1 Å². The Labute approximate surface area is 104 Å². The lowest BCUT2D eigenvalue weighted by molar-refractivity contribution is 0.0380. The first-order chi connectivity index (χ1) is 8.11. The van der Waals surface area contributed by atoms with Crippen LogP contribution in [0, 0.1) is 18.3 Å². The molecule has 1 saturated carbocycles. The van der Waals surface area contributed by atoms with E-state index in [0.717, 1.165) is 12.8 Å². The fourth-order valence-electron chi connectivity index (χ4n) is 1.47. The Morgan fingerprint density at radius 3 is 2.76 bits per heavy atom. The lowest BCUT2D eigenvalue weighted by atomic mass is 10.2. The Kier molecular flexibility index (Phi) is 3.30. The quantitative estimate of drug-likeness (QED) is 0.467. The smallest absolute Gasteiger partial charge is 0.349 e. The van der Waals surface area contributed by atoms with Crippen LogP contribution in [0.3, 0.4) is 0 Å². The molecule has 1 aromatic rings. The lowest BCUT2D eigenvalue weighted by Crippen LogP contribution is -2.17. The van der Waals surface area contributed by atoms with Crippen molar-refractivity contribution < 1.29 is 14.3 Å². The zero-order chi connectivity index (χ0) is 12.4. The Bertz CT molecular complexity index is 491. The van der Waals surface area contributed by atoms with Gasteiger partial charge >= 0.3 is 5.97 Å². The summed E-state index contributed by atoms with van der Waals surface area (Å²) in [6, 6.07) is 1.55. The normalized spacial score (nSPS) is 16.0. The van der Waals surface area contributed by atoms with Gasteiger partial charge in [-0.05, 0) is 25.8 Å². The van der Waals surface area contributed by atoms with Crippen molar-refractivity contribution >= 4 is 23.1 Å². The van der Waals surface area contributed by atoms with Gasteiger partial charge in [-0.25, -0.2) is 4.79 Å². The maximum absolute atomic E-state index is 11.8. The van der Waals surface area contributed by atoms with Crippen LogP contribution < -0.4 is 0 Å². The molecule has 88 valence electrons. The van der Waals surface area contributed by atoms with E-state index in [2.05, 4.69) is 5.92 Å². The Morgan fingerprint density at radius 2 is 2.29 bits per heavy atom. The predicted octanol–water partition coefficient (Wildman–Crippen LogP) is 2.52. The van der Waals surface area contributed by atoms with Crippen molar-refractivity contribution in [3.63, 3.8) is 0 Å². The molecule has 0 N–H and O–H groups in total. The molecule has 0 spiro atoms. The van der Waals surface area contributed by atoms with Gasteiger partial charge in [0.1, 0.15) is 4.88 Å². The molecule has 0 saturated heterocycles. The molecule has 17 heavy (non-hydrogen) atoms. The molecule has 0 radical (unpaired) electrons. The number of carbonyl (C=O) groups is 2. The van der Waals surface area contributed by atoms with Gasteiger partial charge in [-0.2, -0.15) is 0 Å². The highest BCUT2D eigenvalue weighted by Gasteiger charge is 2.33. The second-order valence-electron chi connectivity index (χ2n) is 4.09. The molecular formula is C13H12O3S. The molecule has 4 heteroatoms. The number of ether oxygens (including phenoxy) is 1. The van der Waals surface area contributed by atoms with E-state index in [9.17, 15) is 9.59 Å². The molecule has 0 aromatic carbocycles. The first kappa shape index (κ1) is 11.9. The molecule has 0 unspecified atom stereocenters. The fraction of sp³-hybridized carbons (Fsp3) is 0.385. The van der Waals surface area contributed by atoms with Gasteiger partial charge in [0.05, 0.1) is 0 Å². The van der Waals surface area contributed by atoms with E-state index in [0.29, 0.717) is 16.4 Å². The Morgan fingerprint density at radius 1 is 1.59 bits per heavy atom. The highest BCUT2D eigenvalue weighted by atomic mass is 32.1. The molecular weight excluding hydrogens is 236 g/mol. The van der Waals surface area contributed by atoms with Crippen molar-refractivity contribution in [1.82, 2.24) is 0 Å². The summed E-state index contributed by atoms with van der Waals surface area (Å²) in [6.45, 7) is 1.46. The maximum atomic E-state index is 11.8. The van der Waals surface area contributed by atoms with Crippen LogP contribution >= 0.6 is 11.3 Å². The average Bonchev–Trinajstić information content (AvgIpc) is 3.01. The van der Waals surface area contributed by atoms with Crippen LogP contribution in [-0.4, -0.2) is 17.9 Å². The molecule has 3 nitrogen and oxygen atoms in total. The van der Waals surface area contributed by atoms with Gasteiger partial charge in [0.15, 0.2) is 11.9 Å². The van der Waals surface area contributed by atoms with Gasteiger partial charge in [0.2, 0.25) is 0 Å². The summed E-state index contributed by atoms with van der Waals surface area (Å²) in [5.74, 6) is 2.31. The minimum Gasteiger partial charge on any atom is -0.445 e. The Balaban J connectivity index is 2.03. The van der Waals surface area contributed by atoms with Gasteiger partial charge in [-0.1, -0.05) is 5.92 Å². The first-order valence-corrected chi connectivity index (χ1v) is 6.26. The van der Waals surface area contributed by atoms with Gasteiger partial charge in [0.25, 0.3) is 0 Å². The van der Waals surface area contributed by atoms with Crippen molar-refractivity contribution in [3.05, 3.63) is 21.9 Å². The van der Waals surface area contributed by atoms with Crippen LogP contribution in [0.25, 0.3) is 0 Å². The molecule has 2 rings (SSSR count).